The molecule has 0 fully saturated rings. The predicted molar refractivity (Wildman–Crippen MR) is 106 cm³/mol. The van der Waals surface area contributed by atoms with Crippen molar-refractivity contribution < 1.29 is 18.7 Å². The van der Waals surface area contributed by atoms with Gasteiger partial charge in [0.15, 0.2) is 6.61 Å². The highest BCUT2D eigenvalue weighted by Gasteiger charge is 2.12. The Morgan fingerprint density at radius 1 is 1.03 bits per heavy atom. The summed E-state index contributed by atoms with van der Waals surface area (Å²) in [5.41, 5.74) is 2.09. The lowest BCUT2D eigenvalue weighted by Gasteiger charge is -2.06. The predicted octanol–water partition coefficient (Wildman–Crippen LogP) is 4.44. The summed E-state index contributed by atoms with van der Waals surface area (Å²) in [6.07, 6.45) is 0. The Kier molecular flexibility index (Phi) is 5.62. The average Bonchev–Trinajstić information content (AvgIpc) is 3.40. The van der Waals surface area contributed by atoms with Crippen LogP contribution in [0.2, 0.25) is 0 Å². The van der Waals surface area contributed by atoms with E-state index >= 15 is 0 Å². The topological polar surface area (TPSA) is 87.3 Å². The Hall–Kier alpha value is -3.52. The van der Waals surface area contributed by atoms with Gasteiger partial charge in [0.05, 0.1) is 16.3 Å². The highest BCUT2D eigenvalue weighted by Crippen LogP contribution is 2.19. The zero-order chi connectivity index (χ0) is 20.1. The van der Waals surface area contributed by atoms with Crippen molar-refractivity contribution in [2.75, 3.05) is 0 Å². The van der Waals surface area contributed by atoms with Crippen LogP contribution >= 0.6 is 11.3 Å². The first-order chi connectivity index (χ1) is 14.2. The van der Waals surface area contributed by atoms with Crippen molar-refractivity contribution in [3.63, 3.8) is 0 Å². The van der Waals surface area contributed by atoms with Crippen LogP contribution in [-0.4, -0.2) is 21.2 Å². The summed E-state index contributed by atoms with van der Waals surface area (Å²) in [6, 6.07) is 16.1. The number of carbonyl (C=O) groups is 1. The van der Waals surface area contributed by atoms with Crippen LogP contribution in [0, 0.1) is 6.92 Å². The number of aromatic nitrogens is 3. The fraction of sp³-hybridized carbons (Fsp3) is 0.143. The van der Waals surface area contributed by atoms with Crippen molar-refractivity contribution in [2.24, 2.45) is 0 Å². The van der Waals surface area contributed by atoms with E-state index in [2.05, 4.69) is 15.2 Å². The molecule has 0 aliphatic heterocycles. The number of ether oxygens (including phenoxy) is 2. The molecule has 0 aliphatic carbocycles. The normalized spacial score (nSPS) is 10.7. The molecule has 0 saturated carbocycles. The lowest BCUT2D eigenvalue weighted by Crippen LogP contribution is -2.05. The van der Waals surface area contributed by atoms with Crippen molar-refractivity contribution >= 4 is 17.3 Å². The van der Waals surface area contributed by atoms with Crippen LogP contribution in [0.15, 0.2) is 64.4 Å². The summed E-state index contributed by atoms with van der Waals surface area (Å²) in [4.78, 5) is 16.6. The summed E-state index contributed by atoms with van der Waals surface area (Å²) in [5, 5.41) is 10.8. The summed E-state index contributed by atoms with van der Waals surface area (Å²) >= 11 is 1.58. The standard InChI is InChI=1S/C21H17N3O4S/c1-14-22-17(13-29-14)11-26-18-9-7-16(8-10-18)21(25)27-12-19-23-24-20(28-19)15-5-3-2-4-6-15/h2-10,13H,11-12H2,1H3. The molecule has 0 saturated heterocycles. The Bertz CT molecular complexity index is 1090. The molecule has 0 spiro atoms. The third kappa shape index (κ3) is 4.85. The van der Waals surface area contributed by atoms with Gasteiger partial charge < -0.3 is 13.9 Å². The van der Waals surface area contributed by atoms with E-state index in [-0.39, 0.29) is 12.5 Å². The molecule has 8 heteroatoms. The van der Waals surface area contributed by atoms with E-state index < -0.39 is 5.97 Å². The number of thiazole rings is 1. The molecule has 2 aromatic carbocycles. The molecule has 4 aromatic rings. The molecule has 146 valence electrons. The van der Waals surface area contributed by atoms with Crippen LogP contribution in [0.3, 0.4) is 0 Å². The Morgan fingerprint density at radius 2 is 1.83 bits per heavy atom. The number of rotatable bonds is 7. The molecule has 0 unspecified atom stereocenters. The zero-order valence-corrected chi connectivity index (χ0v) is 16.4. The third-order valence-corrected chi connectivity index (χ3v) is 4.78. The second kappa shape index (κ2) is 8.66. The fourth-order valence-electron chi connectivity index (χ4n) is 2.54. The van der Waals surface area contributed by atoms with Gasteiger partial charge in [0.2, 0.25) is 5.89 Å². The van der Waals surface area contributed by atoms with Crippen molar-refractivity contribution in [2.45, 2.75) is 20.1 Å². The highest BCUT2D eigenvalue weighted by atomic mass is 32.1. The number of hydrogen-bond acceptors (Lipinski definition) is 8. The van der Waals surface area contributed by atoms with E-state index in [0.29, 0.717) is 23.8 Å². The van der Waals surface area contributed by atoms with Gasteiger partial charge in [0.1, 0.15) is 12.4 Å². The number of aryl methyl sites for hydroxylation is 1. The molecule has 0 radical (unpaired) electrons. The van der Waals surface area contributed by atoms with Gasteiger partial charge in [-0.1, -0.05) is 18.2 Å². The Labute approximate surface area is 171 Å². The highest BCUT2D eigenvalue weighted by molar-refractivity contribution is 7.09. The van der Waals surface area contributed by atoms with Crippen molar-refractivity contribution in [1.29, 1.82) is 0 Å². The minimum absolute atomic E-state index is 0.0971. The maximum absolute atomic E-state index is 12.2. The number of hydrogen-bond donors (Lipinski definition) is 0. The molecule has 0 N–H and O–H groups in total. The van der Waals surface area contributed by atoms with Gasteiger partial charge in [-0.2, -0.15) is 0 Å². The van der Waals surface area contributed by atoms with Crippen molar-refractivity contribution in [3.05, 3.63) is 82.1 Å². The minimum Gasteiger partial charge on any atom is -0.487 e. The number of nitrogens with zero attached hydrogens (tertiary/aromatic N) is 3. The Balaban J connectivity index is 1.30. The summed E-state index contributed by atoms with van der Waals surface area (Å²) in [5.74, 6) is 0.784. The van der Waals surface area contributed by atoms with E-state index in [9.17, 15) is 4.79 Å². The van der Waals surface area contributed by atoms with E-state index in [0.717, 1.165) is 16.3 Å². The lowest BCUT2D eigenvalue weighted by atomic mass is 10.2. The number of carbonyl (C=O) groups excluding carboxylic acids is 1. The maximum atomic E-state index is 12.2. The van der Waals surface area contributed by atoms with E-state index in [1.807, 2.05) is 42.6 Å². The quantitative estimate of drug-likeness (QED) is 0.419. The van der Waals surface area contributed by atoms with Crippen molar-refractivity contribution in [1.82, 2.24) is 15.2 Å². The van der Waals surface area contributed by atoms with Gasteiger partial charge in [-0.05, 0) is 43.3 Å². The second-order valence-corrected chi connectivity index (χ2v) is 7.18. The molecule has 7 nitrogen and oxygen atoms in total. The SMILES string of the molecule is Cc1nc(COc2ccc(C(=O)OCc3nnc(-c4ccccc4)o3)cc2)cs1. The van der Waals surface area contributed by atoms with Crippen LogP contribution in [0.25, 0.3) is 11.5 Å². The molecule has 29 heavy (non-hydrogen) atoms. The van der Waals surface area contributed by atoms with Crippen LogP contribution in [0.5, 0.6) is 5.75 Å². The number of benzene rings is 2. The van der Waals surface area contributed by atoms with Crippen LogP contribution in [0.1, 0.15) is 27.0 Å². The van der Waals surface area contributed by atoms with Gasteiger partial charge >= 0.3 is 5.97 Å². The van der Waals surface area contributed by atoms with Crippen molar-refractivity contribution in [3.8, 4) is 17.2 Å². The van der Waals surface area contributed by atoms with Gasteiger partial charge in [0.25, 0.3) is 5.89 Å². The van der Waals surface area contributed by atoms with E-state index in [1.165, 1.54) is 0 Å². The van der Waals surface area contributed by atoms with Crippen LogP contribution in [-0.2, 0) is 18.0 Å². The van der Waals surface area contributed by atoms with Gasteiger partial charge in [0, 0.05) is 10.9 Å². The van der Waals surface area contributed by atoms with Crippen LogP contribution < -0.4 is 4.74 Å². The first-order valence-electron chi connectivity index (χ1n) is 8.86. The molecule has 0 aliphatic rings. The molecular weight excluding hydrogens is 390 g/mol. The third-order valence-electron chi connectivity index (χ3n) is 3.96. The lowest BCUT2D eigenvalue weighted by molar-refractivity contribution is 0.0438. The first-order valence-corrected chi connectivity index (χ1v) is 9.74. The number of esters is 1. The molecule has 2 aromatic heterocycles. The molecule has 2 heterocycles. The maximum Gasteiger partial charge on any atom is 0.338 e. The van der Waals surface area contributed by atoms with E-state index in [4.69, 9.17) is 13.9 Å². The summed E-state index contributed by atoms with van der Waals surface area (Å²) < 4.78 is 16.4. The van der Waals surface area contributed by atoms with Crippen LogP contribution in [0.4, 0.5) is 0 Å². The van der Waals surface area contributed by atoms with E-state index in [1.54, 1.807) is 35.6 Å². The van der Waals surface area contributed by atoms with Gasteiger partial charge in [-0.25, -0.2) is 9.78 Å². The first kappa shape index (κ1) is 18.8. The second-order valence-electron chi connectivity index (χ2n) is 6.11. The summed E-state index contributed by atoms with van der Waals surface area (Å²) in [6.45, 7) is 2.24. The summed E-state index contributed by atoms with van der Waals surface area (Å²) in [7, 11) is 0. The largest absolute Gasteiger partial charge is 0.487 e. The molecular formula is C21H17N3O4S. The molecule has 0 atom stereocenters. The smallest absolute Gasteiger partial charge is 0.338 e. The molecule has 4 rings (SSSR count). The van der Waals surface area contributed by atoms with Gasteiger partial charge in [-0.3, -0.25) is 0 Å². The fourth-order valence-corrected chi connectivity index (χ4v) is 3.14. The van der Waals surface area contributed by atoms with Gasteiger partial charge in [-0.15, -0.1) is 21.5 Å². The Morgan fingerprint density at radius 3 is 2.55 bits per heavy atom. The molecule has 0 amide bonds. The zero-order valence-electron chi connectivity index (χ0n) is 15.6. The minimum atomic E-state index is -0.480. The molecule has 0 bridgehead atoms. The average molecular weight is 407 g/mol. The monoisotopic (exact) mass is 407 g/mol.